The molecule has 0 aliphatic heterocycles. The van der Waals surface area contributed by atoms with Gasteiger partial charge in [-0.3, -0.25) is 0 Å². The Morgan fingerprint density at radius 2 is 2.35 bits per heavy atom. The van der Waals surface area contributed by atoms with Crippen LogP contribution in [-0.2, 0) is 6.42 Å². The smallest absolute Gasteiger partial charge is 0.335 e. The Balaban J connectivity index is 3.04. The summed E-state index contributed by atoms with van der Waals surface area (Å²) in [6.07, 6.45) is 6.92. The number of carbonyl (C=O) groups is 1. The summed E-state index contributed by atoms with van der Waals surface area (Å²) in [7, 11) is 0. The molecule has 0 saturated heterocycles. The molecule has 0 radical (unpaired) electrons. The second-order valence-corrected chi connectivity index (χ2v) is 3.82. The molecule has 1 atom stereocenters. The minimum atomic E-state index is -0.957. The topological polar surface area (TPSA) is 62.2 Å². The van der Waals surface area contributed by atoms with Gasteiger partial charge in [0.25, 0.3) is 0 Å². The van der Waals surface area contributed by atoms with Gasteiger partial charge in [-0.05, 0) is 25.5 Å². The van der Waals surface area contributed by atoms with Crippen molar-refractivity contribution in [1.82, 2.24) is 4.98 Å². The number of hydrogen-bond acceptors (Lipinski definition) is 3. The molecule has 0 saturated carbocycles. The molecule has 0 fully saturated rings. The van der Waals surface area contributed by atoms with E-state index in [4.69, 9.17) is 11.5 Å². The standard InChI is InChI=1S/C13H16N2O2/c1-4-6-11-7-10(13(16)17)8-12(15-11)14-9(3)5-2/h2,7-9H,4,6H2,1,3H3,(H,14,15)(H,16,17). The molecule has 0 spiro atoms. The van der Waals surface area contributed by atoms with Crippen LogP contribution in [0.2, 0.25) is 0 Å². The van der Waals surface area contributed by atoms with E-state index >= 15 is 0 Å². The highest BCUT2D eigenvalue weighted by Gasteiger charge is 2.09. The Morgan fingerprint density at radius 1 is 1.65 bits per heavy atom. The van der Waals surface area contributed by atoms with Crippen LogP contribution in [-0.4, -0.2) is 22.1 Å². The number of nitrogens with zero attached hydrogens (tertiary/aromatic N) is 1. The van der Waals surface area contributed by atoms with Gasteiger partial charge in [0.05, 0.1) is 11.6 Å². The number of terminal acetylenes is 1. The van der Waals surface area contributed by atoms with Crippen molar-refractivity contribution in [2.45, 2.75) is 32.7 Å². The average molecular weight is 232 g/mol. The summed E-state index contributed by atoms with van der Waals surface area (Å²) in [4.78, 5) is 15.3. The number of anilines is 1. The predicted molar refractivity (Wildman–Crippen MR) is 67.1 cm³/mol. The lowest BCUT2D eigenvalue weighted by molar-refractivity contribution is 0.0696. The lowest BCUT2D eigenvalue weighted by Gasteiger charge is -2.10. The second-order valence-electron chi connectivity index (χ2n) is 3.82. The molecule has 1 unspecified atom stereocenters. The van der Waals surface area contributed by atoms with Gasteiger partial charge in [0.1, 0.15) is 5.82 Å². The molecule has 2 N–H and O–H groups in total. The van der Waals surface area contributed by atoms with Crippen LogP contribution in [0.15, 0.2) is 12.1 Å². The van der Waals surface area contributed by atoms with Crippen molar-refractivity contribution in [3.63, 3.8) is 0 Å². The van der Waals surface area contributed by atoms with Crippen molar-refractivity contribution >= 4 is 11.8 Å². The number of aryl methyl sites for hydroxylation is 1. The summed E-state index contributed by atoms with van der Waals surface area (Å²) in [6.45, 7) is 3.83. The number of nitrogens with one attached hydrogen (secondary N) is 1. The number of carboxylic acid groups (broad SMARTS) is 1. The molecular weight excluding hydrogens is 216 g/mol. The van der Waals surface area contributed by atoms with Crippen molar-refractivity contribution < 1.29 is 9.90 Å². The van der Waals surface area contributed by atoms with E-state index in [9.17, 15) is 4.79 Å². The van der Waals surface area contributed by atoms with Gasteiger partial charge < -0.3 is 10.4 Å². The first-order valence-electron chi connectivity index (χ1n) is 5.53. The molecule has 1 aromatic heterocycles. The summed E-state index contributed by atoms with van der Waals surface area (Å²) >= 11 is 0. The number of aromatic nitrogens is 1. The largest absolute Gasteiger partial charge is 0.478 e. The van der Waals surface area contributed by atoms with Crippen LogP contribution in [0.25, 0.3) is 0 Å². The summed E-state index contributed by atoms with van der Waals surface area (Å²) in [5.41, 5.74) is 0.995. The number of carboxylic acids is 1. The maximum atomic E-state index is 11.0. The predicted octanol–water partition coefficient (Wildman–Crippen LogP) is 2.17. The van der Waals surface area contributed by atoms with Crippen molar-refractivity contribution in [2.24, 2.45) is 0 Å². The lowest BCUT2D eigenvalue weighted by Crippen LogP contribution is -2.14. The van der Waals surface area contributed by atoms with Gasteiger partial charge in [0, 0.05) is 5.69 Å². The molecule has 1 heterocycles. The average Bonchev–Trinajstić information content (AvgIpc) is 2.29. The van der Waals surface area contributed by atoms with Gasteiger partial charge in [-0.15, -0.1) is 6.42 Å². The van der Waals surface area contributed by atoms with Crippen LogP contribution >= 0.6 is 0 Å². The van der Waals surface area contributed by atoms with Crippen molar-refractivity contribution in [3.05, 3.63) is 23.4 Å². The van der Waals surface area contributed by atoms with Gasteiger partial charge in [-0.2, -0.15) is 0 Å². The van der Waals surface area contributed by atoms with E-state index in [2.05, 4.69) is 16.2 Å². The quantitative estimate of drug-likeness (QED) is 0.764. The fraction of sp³-hybridized carbons (Fsp3) is 0.385. The summed E-state index contributed by atoms with van der Waals surface area (Å²) < 4.78 is 0. The fourth-order valence-corrected chi connectivity index (χ4v) is 1.43. The molecule has 0 aromatic carbocycles. The number of aromatic carboxylic acids is 1. The third kappa shape index (κ3) is 3.80. The van der Waals surface area contributed by atoms with Gasteiger partial charge in [-0.1, -0.05) is 19.3 Å². The highest BCUT2D eigenvalue weighted by molar-refractivity contribution is 5.88. The van der Waals surface area contributed by atoms with E-state index in [1.54, 1.807) is 6.07 Å². The molecule has 1 rings (SSSR count). The van der Waals surface area contributed by atoms with Gasteiger partial charge >= 0.3 is 5.97 Å². The molecule has 4 nitrogen and oxygen atoms in total. The minimum absolute atomic E-state index is 0.180. The van der Waals surface area contributed by atoms with Crippen LogP contribution in [0.3, 0.4) is 0 Å². The first-order chi connectivity index (χ1) is 8.06. The van der Waals surface area contributed by atoms with Crippen LogP contribution in [0.5, 0.6) is 0 Å². The molecule has 0 bridgehead atoms. The highest BCUT2D eigenvalue weighted by Crippen LogP contribution is 2.13. The van der Waals surface area contributed by atoms with Gasteiger partial charge in [0.15, 0.2) is 0 Å². The minimum Gasteiger partial charge on any atom is -0.478 e. The summed E-state index contributed by atoms with van der Waals surface area (Å²) in [6, 6.07) is 2.91. The molecule has 90 valence electrons. The zero-order valence-electron chi connectivity index (χ0n) is 10.0. The summed E-state index contributed by atoms with van der Waals surface area (Å²) in [5.74, 6) is 2.07. The van der Waals surface area contributed by atoms with Crippen LogP contribution in [0, 0.1) is 12.3 Å². The Morgan fingerprint density at radius 3 is 2.88 bits per heavy atom. The number of pyridine rings is 1. The van der Waals surface area contributed by atoms with Crippen LogP contribution in [0.1, 0.15) is 36.3 Å². The van der Waals surface area contributed by atoms with E-state index in [-0.39, 0.29) is 11.6 Å². The zero-order valence-corrected chi connectivity index (χ0v) is 10.0. The van der Waals surface area contributed by atoms with E-state index in [1.807, 2.05) is 13.8 Å². The van der Waals surface area contributed by atoms with Crippen LogP contribution < -0.4 is 5.32 Å². The molecule has 1 aromatic rings. The van der Waals surface area contributed by atoms with Crippen LogP contribution in [0.4, 0.5) is 5.82 Å². The normalized spacial score (nSPS) is 11.6. The maximum Gasteiger partial charge on any atom is 0.335 e. The molecule has 4 heteroatoms. The van der Waals surface area contributed by atoms with E-state index in [1.165, 1.54) is 6.07 Å². The molecule has 0 aliphatic rings. The third-order valence-corrected chi connectivity index (χ3v) is 2.25. The first-order valence-corrected chi connectivity index (χ1v) is 5.53. The molecular formula is C13H16N2O2. The van der Waals surface area contributed by atoms with E-state index in [0.717, 1.165) is 18.5 Å². The monoisotopic (exact) mass is 232 g/mol. The second kappa shape index (κ2) is 5.90. The van der Waals surface area contributed by atoms with Gasteiger partial charge in [0.2, 0.25) is 0 Å². The Labute approximate surface area is 101 Å². The Hall–Kier alpha value is -2.02. The first kappa shape index (κ1) is 13.0. The molecule has 0 amide bonds. The van der Waals surface area contributed by atoms with Crippen molar-refractivity contribution in [3.8, 4) is 12.3 Å². The van der Waals surface area contributed by atoms with E-state index in [0.29, 0.717) is 5.82 Å². The number of hydrogen-bond donors (Lipinski definition) is 2. The maximum absolute atomic E-state index is 11.0. The number of rotatable bonds is 5. The van der Waals surface area contributed by atoms with Crippen molar-refractivity contribution in [2.75, 3.05) is 5.32 Å². The summed E-state index contributed by atoms with van der Waals surface area (Å²) in [5, 5.41) is 12.0. The lowest BCUT2D eigenvalue weighted by atomic mass is 10.1. The van der Waals surface area contributed by atoms with E-state index < -0.39 is 5.97 Å². The SMILES string of the molecule is C#CC(C)Nc1cc(C(=O)O)cc(CCC)n1. The third-order valence-electron chi connectivity index (χ3n) is 2.25. The fourth-order valence-electron chi connectivity index (χ4n) is 1.43. The van der Waals surface area contributed by atoms with Gasteiger partial charge in [-0.25, -0.2) is 9.78 Å². The molecule has 17 heavy (non-hydrogen) atoms. The Bertz CT molecular complexity index is 449. The highest BCUT2D eigenvalue weighted by atomic mass is 16.4. The van der Waals surface area contributed by atoms with Crippen molar-refractivity contribution in [1.29, 1.82) is 0 Å². The molecule has 0 aliphatic carbocycles. The Kier molecular flexibility index (Phi) is 4.53. The zero-order chi connectivity index (χ0) is 12.8.